The molecular weight excluding hydrogens is 270 g/mol. The molecule has 1 aromatic rings. The summed E-state index contributed by atoms with van der Waals surface area (Å²) in [7, 11) is 0. The minimum absolute atomic E-state index is 0.155. The van der Waals surface area contributed by atoms with Gasteiger partial charge in [-0.2, -0.15) is 0 Å². The van der Waals surface area contributed by atoms with Crippen LogP contribution in [0.25, 0.3) is 0 Å². The van der Waals surface area contributed by atoms with E-state index in [2.05, 4.69) is 45.1 Å². The van der Waals surface area contributed by atoms with Crippen molar-refractivity contribution < 1.29 is 4.74 Å². The van der Waals surface area contributed by atoms with Crippen molar-refractivity contribution in [2.45, 2.75) is 58.6 Å². The molecule has 0 spiro atoms. The van der Waals surface area contributed by atoms with Crippen molar-refractivity contribution in [3.05, 3.63) is 34.9 Å². The Morgan fingerprint density at radius 1 is 1.10 bits per heavy atom. The fourth-order valence-electron chi connectivity index (χ4n) is 2.78. The molecule has 0 heterocycles. The molecule has 0 amide bonds. The summed E-state index contributed by atoms with van der Waals surface area (Å²) in [5.41, 5.74) is 1.09. The first-order valence-electron chi connectivity index (χ1n) is 7.76. The molecule has 0 saturated heterocycles. The second-order valence-electron chi connectivity index (χ2n) is 5.14. The molecule has 0 aliphatic heterocycles. The molecule has 0 bridgehead atoms. The molecule has 0 aromatic heterocycles. The van der Waals surface area contributed by atoms with Crippen LogP contribution in [0.5, 0.6) is 0 Å². The molecule has 0 radical (unpaired) electrons. The third kappa shape index (κ3) is 4.21. The lowest BCUT2D eigenvalue weighted by Gasteiger charge is -2.40. The van der Waals surface area contributed by atoms with Gasteiger partial charge in [0.25, 0.3) is 0 Å². The lowest BCUT2D eigenvalue weighted by molar-refractivity contribution is -0.0732. The van der Waals surface area contributed by atoms with E-state index in [9.17, 15) is 0 Å². The van der Waals surface area contributed by atoms with Crippen molar-refractivity contribution in [3.63, 3.8) is 0 Å². The number of benzene rings is 1. The van der Waals surface area contributed by atoms with Crippen LogP contribution in [-0.2, 0) is 4.74 Å². The fraction of sp³-hybridized carbons (Fsp3) is 0.647. The van der Waals surface area contributed by atoms with Crippen molar-refractivity contribution in [2.24, 2.45) is 0 Å². The molecule has 1 rings (SSSR count). The van der Waals surface area contributed by atoms with Gasteiger partial charge < -0.3 is 10.1 Å². The first-order chi connectivity index (χ1) is 9.63. The molecule has 0 saturated carbocycles. The van der Waals surface area contributed by atoms with Crippen LogP contribution in [0.1, 0.15) is 58.6 Å². The van der Waals surface area contributed by atoms with Crippen molar-refractivity contribution in [3.8, 4) is 0 Å². The Labute approximate surface area is 128 Å². The highest BCUT2D eigenvalue weighted by atomic mass is 35.5. The van der Waals surface area contributed by atoms with Crippen molar-refractivity contribution in [2.75, 3.05) is 13.2 Å². The molecule has 0 fully saturated rings. The molecule has 2 nitrogen and oxygen atoms in total. The van der Waals surface area contributed by atoms with E-state index in [0.717, 1.165) is 37.4 Å². The van der Waals surface area contributed by atoms with Crippen LogP contribution in [0.3, 0.4) is 0 Å². The summed E-state index contributed by atoms with van der Waals surface area (Å²) in [6.07, 6.45) is 3.09. The van der Waals surface area contributed by atoms with Gasteiger partial charge in [0.1, 0.15) is 0 Å². The molecule has 1 N–H and O–H groups in total. The predicted octanol–water partition coefficient (Wildman–Crippen LogP) is 4.98. The number of halogens is 1. The average Bonchev–Trinajstić information content (AvgIpc) is 2.48. The normalized spacial score (nSPS) is 13.4. The topological polar surface area (TPSA) is 21.3 Å². The zero-order valence-electron chi connectivity index (χ0n) is 13.2. The summed E-state index contributed by atoms with van der Waals surface area (Å²) < 4.78 is 6.18. The van der Waals surface area contributed by atoms with Crippen LogP contribution in [0, 0.1) is 0 Å². The van der Waals surface area contributed by atoms with E-state index in [-0.39, 0.29) is 11.6 Å². The first kappa shape index (κ1) is 17.5. The summed E-state index contributed by atoms with van der Waals surface area (Å²) in [6, 6.07) is 8.33. The zero-order valence-corrected chi connectivity index (χ0v) is 14.0. The smallest absolute Gasteiger partial charge is 0.0870 e. The van der Waals surface area contributed by atoms with E-state index in [1.807, 2.05) is 12.1 Å². The van der Waals surface area contributed by atoms with E-state index < -0.39 is 0 Å². The lowest BCUT2D eigenvalue weighted by atomic mass is 9.83. The molecule has 1 atom stereocenters. The summed E-state index contributed by atoms with van der Waals surface area (Å²) in [4.78, 5) is 0. The molecule has 114 valence electrons. The Kier molecular flexibility index (Phi) is 7.57. The highest BCUT2D eigenvalue weighted by molar-refractivity contribution is 6.30. The molecular formula is C17H28ClNO. The molecule has 1 unspecified atom stereocenters. The fourth-order valence-corrected chi connectivity index (χ4v) is 2.91. The number of ether oxygens (including phenoxy) is 1. The Morgan fingerprint density at radius 3 is 2.15 bits per heavy atom. The summed E-state index contributed by atoms with van der Waals surface area (Å²) in [6.45, 7) is 10.4. The minimum Gasteiger partial charge on any atom is -0.373 e. The van der Waals surface area contributed by atoms with Gasteiger partial charge in [-0.1, -0.05) is 44.5 Å². The second-order valence-corrected chi connectivity index (χ2v) is 5.58. The van der Waals surface area contributed by atoms with Crippen LogP contribution in [0.15, 0.2) is 24.3 Å². The van der Waals surface area contributed by atoms with Gasteiger partial charge in [-0.15, -0.1) is 0 Å². The van der Waals surface area contributed by atoms with E-state index in [1.165, 1.54) is 5.56 Å². The first-order valence-corrected chi connectivity index (χ1v) is 8.14. The van der Waals surface area contributed by atoms with Gasteiger partial charge in [-0.25, -0.2) is 0 Å². The van der Waals surface area contributed by atoms with Crippen molar-refractivity contribution in [1.29, 1.82) is 0 Å². The van der Waals surface area contributed by atoms with E-state index in [4.69, 9.17) is 16.3 Å². The quantitative estimate of drug-likeness (QED) is 0.694. The molecule has 0 aliphatic rings. The van der Waals surface area contributed by atoms with Crippen LogP contribution < -0.4 is 5.32 Å². The molecule has 3 heteroatoms. The van der Waals surface area contributed by atoms with E-state index >= 15 is 0 Å². The highest BCUT2D eigenvalue weighted by Gasteiger charge is 2.37. The van der Waals surface area contributed by atoms with Gasteiger partial charge in [-0.3, -0.25) is 0 Å². The third-order valence-electron chi connectivity index (χ3n) is 3.96. The van der Waals surface area contributed by atoms with Crippen LogP contribution in [0.4, 0.5) is 0 Å². The van der Waals surface area contributed by atoms with E-state index in [0.29, 0.717) is 0 Å². The van der Waals surface area contributed by atoms with Crippen LogP contribution in [0.2, 0.25) is 5.02 Å². The van der Waals surface area contributed by atoms with Crippen molar-refractivity contribution in [1.82, 2.24) is 5.32 Å². The summed E-state index contributed by atoms with van der Waals surface area (Å²) in [5, 5.41) is 4.44. The zero-order chi connectivity index (χ0) is 15.0. The number of rotatable bonds is 9. The van der Waals surface area contributed by atoms with Gasteiger partial charge in [0.15, 0.2) is 0 Å². The number of nitrogens with one attached hydrogen (secondary N) is 1. The monoisotopic (exact) mass is 297 g/mol. The Balaban J connectivity index is 3.10. The molecule has 1 aromatic carbocycles. The third-order valence-corrected chi connectivity index (χ3v) is 4.21. The maximum Gasteiger partial charge on any atom is 0.0870 e. The maximum absolute atomic E-state index is 6.18. The summed E-state index contributed by atoms with van der Waals surface area (Å²) in [5.74, 6) is 0. The van der Waals surface area contributed by atoms with Gasteiger partial charge in [0, 0.05) is 11.6 Å². The highest BCUT2D eigenvalue weighted by Crippen LogP contribution is 2.35. The van der Waals surface area contributed by atoms with Gasteiger partial charge >= 0.3 is 0 Å². The van der Waals surface area contributed by atoms with Crippen LogP contribution in [-0.4, -0.2) is 18.8 Å². The SMILES string of the molecule is CCCNC(c1ccc(Cl)cc1)C(CC)(CC)OCC. The van der Waals surface area contributed by atoms with Gasteiger partial charge in [-0.05, 0) is 50.4 Å². The Morgan fingerprint density at radius 2 is 1.70 bits per heavy atom. The molecule has 0 aliphatic carbocycles. The van der Waals surface area contributed by atoms with Crippen molar-refractivity contribution >= 4 is 11.6 Å². The Hall–Kier alpha value is -0.570. The molecule has 20 heavy (non-hydrogen) atoms. The van der Waals surface area contributed by atoms with Crippen LogP contribution >= 0.6 is 11.6 Å². The van der Waals surface area contributed by atoms with Gasteiger partial charge in [0.2, 0.25) is 0 Å². The maximum atomic E-state index is 6.18. The Bertz CT molecular complexity index is 373. The predicted molar refractivity (Wildman–Crippen MR) is 87.4 cm³/mol. The largest absolute Gasteiger partial charge is 0.373 e. The average molecular weight is 298 g/mol. The summed E-state index contributed by atoms with van der Waals surface area (Å²) >= 11 is 6.01. The van der Waals surface area contributed by atoms with E-state index in [1.54, 1.807) is 0 Å². The lowest BCUT2D eigenvalue weighted by Crippen LogP contribution is -2.45. The second kappa shape index (κ2) is 8.66. The number of hydrogen-bond acceptors (Lipinski definition) is 2. The number of hydrogen-bond donors (Lipinski definition) is 1. The minimum atomic E-state index is -0.155. The van der Waals surface area contributed by atoms with Gasteiger partial charge in [0.05, 0.1) is 11.6 Å². The standard InChI is InChI=1S/C17H28ClNO/c1-5-13-19-16(14-9-11-15(18)12-10-14)17(6-2,7-3)20-8-4/h9-12,16,19H,5-8,13H2,1-4H3.